The van der Waals surface area contributed by atoms with Crippen molar-refractivity contribution in [2.24, 2.45) is 5.73 Å². The molecule has 2 amide bonds. The van der Waals surface area contributed by atoms with Crippen LogP contribution in [0.2, 0.25) is 0 Å². The molecule has 0 saturated carbocycles. The molecule has 0 saturated heterocycles. The van der Waals surface area contributed by atoms with Crippen LogP contribution in [-0.4, -0.2) is 30.9 Å². The molecular weight excluding hydrogens is 290 g/mol. The van der Waals surface area contributed by atoms with Crippen molar-refractivity contribution < 1.29 is 9.59 Å². The summed E-state index contributed by atoms with van der Waals surface area (Å²) in [6.07, 6.45) is 2.96. The number of benzene rings is 1. The van der Waals surface area contributed by atoms with Gasteiger partial charge in [0.15, 0.2) is 0 Å². The third kappa shape index (κ3) is 7.68. The molecule has 118 valence electrons. The molecule has 6 heteroatoms. The first kappa shape index (κ1) is 19.4. The topological polar surface area (TPSA) is 84.2 Å². The summed E-state index contributed by atoms with van der Waals surface area (Å²) in [4.78, 5) is 23.5. The van der Waals surface area contributed by atoms with Crippen molar-refractivity contribution in [2.75, 3.05) is 13.1 Å². The van der Waals surface area contributed by atoms with Crippen molar-refractivity contribution in [2.45, 2.75) is 32.2 Å². The van der Waals surface area contributed by atoms with E-state index in [-0.39, 0.29) is 36.8 Å². The van der Waals surface area contributed by atoms with Crippen LogP contribution in [-0.2, 0) is 4.79 Å². The lowest BCUT2D eigenvalue weighted by Gasteiger charge is -2.16. The number of hydrogen-bond donors (Lipinski definition) is 3. The minimum absolute atomic E-state index is 0. The third-order valence-electron chi connectivity index (χ3n) is 3.00. The van der Waals surface area contributed by atoms with E-state index < -0.39 is 0 Å². The SMILES string of the molecule is CCCCC(CN)NC(=O)CNC(=O)c1ccccc1.Cl. The van der Waals surface area contributed by atoms with Crippen LogP contribution in [0.4, 0.5) is 0 Å². The van der Waals surface area contributed by atoms with Crippen molar-refractivity contribution in [3.05, 3.63) is 35.9 Å². The maximum Gasteiger partial charge on any atom is 0.251 e. The molecule has 4 N–H and O–H groups in total. The van der Waals surface area contributed by atoms with E-state index in [1.807, 2.05) is 6.07 Å². The van der Waals surface area contributed by atoms with Gasteiger partial charge in [-0.15, -0.1) is 12.4 Å². The molecule has 1 aromatic carbocycles. The van der Waals surface area contributed by atoms with Crippen LogP contribution < -0.4 is 16.4 Å². The Kier molecular flexibility index (Phi) is 10.3. The van der Waals surface area contributed by atoms with E-state index in [4.69, 9.17) is 5.73 Å². The van der Waals surface area contributed by atoms with E-state index in [0.717, 1.165) is 19.3 Å². The lowest BCUT2D eigenvalue weighted by molar-refractivity contribution is -0.120. The number of halogens is 1. The number of unbranched alkanes of at least 4 members (excludes halogenated alkanes) is 1. The Morgan fingerprint density at radius 1 is 1.24 bits per heavy atom. The fourth-order valence-corrected chi connectivity index (χ4v) is 1.83. The van der Waals surface area contributed by atoms with Crippen molar-refractivity contribution in [3.8, 4) is 0 Å². The Balaban J connectivity index is 0.00000400. The van der Waals surface area contributed by atoms with Gasteiger partial charge in [-0.3, -0.25) is 9.59 Å². The number of amides is 2. The monoisotopic (exact) mass is 313 g/mol. The number of carbonyl (C=O) groups excluding carboxylic acids is 2. The Hall–Kier alpha value is -1.59. The van der Waals surface area contributed by atoms with Crippen LogP contribution >= 0.6 is 12.4 Å². The molecule has 1 unspecified atom stereocenters. The fourth-order valence-electron chi connectivity index (χ4n) is 1.83. The van der Waals surface area contributed by atoms with Gasteiger partial charge in [0.1, 0.15) is 0 Å². The highest BCUT2D eigenvalue weighted by Gasteiger charge is 2.11. The van der Waals surface area contributed by atoms with Crippen LogP contribution in [0.25, 0.3) is 0 Å². The lowest BCUT2D eigenvalue weighted by Crippen LogP contribution is -2.45. The Morgan fingerprint density at radius 2 is 1.90 bits per heavy atom. The second-order valence-electron chi connectivity index (χ2n) is 4.69. The van der Waals surface area contributed by atoms with Gasteiger partial charge in [-0.05, 0) is 18.6 Å². The summed E-state index contributed by atoms with van der Waals surface area (Å²) in [7, 11) is 0. The molecule has 0 radical (unpaired) electrons. The summed E-state index contributed by atoms with van der Waals surface area (Å²) in [6.45, 7) is 2.48. The summed E-state index contributed by atoms with van der Waals surface area (Å²) < 4.78 is 0. The molecule has 0 bridgehead atoms. The van der Waals surface area contributed by atoms with Crippen molar-refractivity contribution in [3.63, 3.8) is 0 Å². The predicted octanol–water partition coefficient (Wildman–Crippen LogP) is 1.47. The van der Waals surface area contributed by atoms with Crippen molar-refractivity contribution >= 4 is 24.2 Å². The fraction of sp³-hybridized carbons (Fsp3) is 0.467. The molecule has 0 heterocycles. The zero-order valence-corrected chi connectivity index (χ0v) is 13.1. The van der Waals surface area contributed by atoms with E-state index in [1.165, 1.54) is 0 Å². The van der Waals surface area contributed by atoms with Gasteiger partial charge in [-0.2, -0.15) is 0 Å². The van der Waals surface area contributed by atoms with Crippen molar-refractivity contribution in [1.29, 1.82) is 0 Å². The molecule has 1 aromatic rings. The zero-order chi connectivity index (χ0) is 14.8. The molecule has 0 aliphatic rings. The average molecular weight is 314 g/mol. The lowest BCUT2D eigenvalue weighted by atomic mass is 10.1. The number of nitrogens with two attached hydrogens (primary N) is 1. The van der Waals surface area contributed by atoms with E-state index in [9.17, 15) is 9.59 Å². The molecule has 0 fully saturated rings. The maximum absolute atomic E-state index is 11.8. The molecule has 0 spiro atoms. The Labute approximate surface area is 132 Å². The molecule has 1 rings (SSSR count). The molecule has 0 aliphatic carbocycles. The van der Waals surface area contributed by atoms with Gasteiger partial charge in [0.05, 0.1) is 6.54 Å². The minimum atomic E-state index is -0.251. The van der Waals surface area contributed by atoms with Gasteiger partial charge < -0.3 is 16.4 Å². The molecule has 5 nitrogen and oxygen atoms in total. The van der Waals surface area contributed by atoms with Crippen LogP contribution in [0.3, 0.4) is 0 Å². The Morgan fingerprint density at radius 3 is 2.48 bits per heavy atom. The van der Waals surface area contributed by atoms with Gasteiger partial charge in [0.25, 0.3) is 5.91 Å². The van der Waals surface area contributed by atoms with Gasteiger partial charge in [0.2, 0.25) is 5.91 Å². The molecule has 21 heavy (non-hydrogen) atoms. The smallest absolute Gasteiger partial charge is 0.251 e. The first-order valence-electron chi connectivity index (χ1n) is 7.00. The van der Waals surface area contributed by atoms with E-state index in [1.54, 1.807) is 24.3 Å². The van der Waals surface area contributed by atoms with E-state index in [0.29, 0.717) is 12.1 Å². The number of nitrogens with one attached hydrogen (secondary N) is 2. The summed E-state index contributed by atoms with van der Waals surface area (Å²) in [6, 6.07) is 8.79. The molecule has 0 aliphatic heterocycles. The first-order chi connectivity index (χ1) is 9.67. The normalized spacial score (nSPS) is 11.1. The van der Waals surface area contributed by atoms with Crippen molar-refractivity contribution in [1.82, 2.24) is 10.6 Å². The largest absolute Gasteiger partial charge is 0.351 e. The number of carbonyl (C=O) groups is 2. The second kappa shape index (κ2) is 11.1. The quantitative estimate of drug-likeness (QED) is 0.679. The standard InChI is InChI=1S/C15H23N3O2.ClH/c1-2-3-9-13(10-16)18-14(19)11-17-15(20)12-7-5-4-6-8-12;/h4-8,13H,2-3,9-11,16H2,1H3,(H,17,20)(H,18,19);1H. The Bertz CT molecular complexity index is 426. The third-order valence-corrected chi connectivity index (χ3v) is 3.00. The molecule has 0 aromatic heterocycles. The number of hydrogen-bond acceptors (Lipinski definition) is 3. The first-order valence-corrected chi connectivity index (χ1v) is 7.00. The predicted molar refractivity (Wildman–Crippen MR) is 86.5 cm³/mol. The maximum atomic E-state index is 11.8. The van der Waals surface area contributed by atoms with Crippen LogP contribution in [0.1, 0.15) is 36.5 Å². The van der Waals surface area contributed by atoms with Gasteiger partial charge in [-0.1, -0.05) is 38.0 Å². The van der Waals surface area contributed by atoms with Crippen LogP contribution in [0.15, 0.2) is 30.3 Å². The second-order valence-corrected chi connectivity index (χ2v) is 4.69. The van der Waals surface area contributed by atoms with Crippen LogP contribution in [0.5, 0.6) is 0 Å². The van der Waals surface area contributed by atoms with Gasteiger partial charge in [-0.25, -0.2) is 0 Å². The highest BCUT2D eigenvalue weighted by molar-refractivity contribution is 5.96. The zero-order valence-electron chi connectivity index (χ0n) is 12.3. The minimum Gasteiger partial charge on any atom is -0.351 e. The van der Waals surface area contributed by atoms with Crippen LogP contribution in [0, 0.1) is 0 Å². The number of rotatable bonds is 8. The molecular formula is C15H24ClN3O2. The summed E-state index contributed by atoms with van der Waals surface area (Å²) in [5, 5.41) is 5.42. The highest BCUT2D eigenvalue weighted by atomic mass is 35.5. The van der Waals surface area contributed by atoms with E-state index in [2.05, 4.69) is 17.6 Å². The van der Waals surface area contributed by atoms with Gasteiger partial charge >= 0.3 is 0 Å². The highest BCUT2D eigenvalue weighted by Crippen LogP contribution is 1.99. The summed E-state index contributed by atoms with van der Waals surface area (Å²) in [5.74, 6) is -0.459. The average Bonchev–Trinajstić information content (AvgIpc) is 2.49. The summed E-state index contributed by atoms with van der Waals surface area (Å²) in [5.41, 5.74) is 6.15. The van der Waals surface area contributed by atoms with E-state index >= 15 is 0 Å². The molecule has 1 atom stereocenters. The van der Waals surface area contributed by atoms with Gasteiger partial charge in [0, 0.05) is 18.2 Å². The summed E-state index contributed by atoms with van der Waals surface area (Å²) >= 11 is 0.